The number of hydrogen-bond donors (Lipinski definition) is 1. The van der Waals surface area contributed by atoms with Crippen LogP contribution in [0.15, 0.2) is 119 Å². The van der Waals surface area contributed by atoms with E-state index in [0.717, 1.165) is 63.6 Å². The van der Waals surface area contributed by atoms with E-state index in [1.54, 1.807) is 0 Å². The van der Waals surface area contributed by atoms with Gasteiger partial charge in [-0.05, 0) is 109 Å². The summed E-state index contributed by atoms with van der Waals surface area (Å²) in [5, 5.41) is 5.43. The molecule has 0 amide bonds. The summed E-state index contributed by atoms with van der Waals surface area (Å²) in [4.78, 5) is 2.28. The van der Waals surface area contributed by atoms with Crippen LogP contribution in [0.5, 0.6) is 0 Å². The van der Waals surface area contributed by atoms with E-state index in [9.17, 15) is 25.9 Å². The Labute approximate surface area is 370 Å². The van der Waals surface area contributed by atoms with E-state index in [4.69, 9.17) is 11.6 Å². The smallest absolute Gasteiger partial charge is 0.264 e. The van der Waals surface area contributed by atoms with E-state index >= 15 is 0 Å². The van der Waals surface area contributed by atoms with Gasteiger partial charge in [0.25, 0.3) is 10.1 Å². The Balaban J connectivity index is 0.00000567. The molecule has 8 nitrogen and oxygen atoms in total. The van der Waals surface area contributed by atoms with E-state index in [0.29, 0.717) is 38.8 Å². The van der Waals surface area contributed by atoms with Gasteiger partial charge in [0.2, 0.25) is 5.69 Å². The summed E-state index contributed by atoms with van der Waals surface area (Å²) in [5.41, 5.74) is 8.25. The third kappa shape index (κ3) is 9.15. The number of anilines is 1. The van der Waals surface area contributed by atoms with Crippen LogP contribution in [-0.4, -0.2) is 90.4 Å². The molecule has 0 atom stereocenters. The van der Waals surface area contributed by atoms with Crippen LogP contribution in [0.2, 0.25) is 0 Å². The molecule has 58 heavy (non-hydrogen) atoms. The molecule has 0 saturated carbocycles. The molecule has 4 aromatic carbocycles. The van der Waals surface area contributed by atoms with Gasteiger partial charge in [-0.25, -0.2) is 8.42 Å². The van der Waals surface area contributed by atoms with Gasteiger partial charge in [-0.2, -0.15) is 13.0 Å². The van der Waals surface area contributed by atoms with Crippen LogP contribution in [0, 0.1) is 0 Å². The van der Waals surface area contributed by atoms with Crippen LogP contribution in [0.1, 0.15) is 83.8 Å². The third-order valence-corrected chi connectivity index (χ3v) is 14.0. The zero-order valence-electron chi connectivity index (χ0n) is 34.1. The second-order valence-corrected chi connectivity index (χ2v) is 20.0. The molecular weight excluding hydrogens is 799 g/mol. The van der Waals surface area contributed by atoms with Crippen molar-refractivity contribution < 1.29 is 30.5 Å². The first-order valence-corrected chi connectivity index (χ1v) is 23.4. The van der Waals surface area contributed by atoms with Crippen molar-refractivity contribution in [1.29, 1.82) is 0 Å². The van der Waals surface area contributed by atoms with Gasteiger partial charge >= 0.3 is 0 Å². The fourth-order valence-corrected chi connectivity index (χ4v) is 10.7. The molecule has 2 aliphatic heterocycles. The molecule has 0 bridgehead atoms. The third-order valence-electron chi connectivity index (χ3n) is 11.9. The maximum Gasteiger partial charge on any atom is 0.264 e. The predicted octanol–water partition coefficient (Wildman–Crippen LogP) is 9.82. The summed E-state index contributed by atoms with van der Waals surface area (Å²) < 4.78 is 68.8. The van der Waals surface area contributed by atoms with Gasteiger partial charge < -0.3 is 9.45 Å². The number of halogens is 1. The van der Waals surface area contributed by atoms with E-state index in [-0.39, 0.29) is 51.9 Å². The Hall–Kier alpha value is -3.06. The standard InChI is InChI=1S/C46H51ClN2O6S2.Na/c1-45(2)40(48(28-9-11-30-56(50,51)52)38-24-20-32-14-5-7-18-36(32)42(38)45)26-22-34-16-13-17-35(44(34)47)23-27-41-46(3,4)43-37-19-8-6-15-33(37)21-25-39(43)49(41)29-10-12-31-57(53,54)55;/h5-8,14-15,18-27H,9-13,16-17,28-31H2,1-4H3,(H-,50,51,52,53,54,55);. The van der Waals surface area contributed by atoms with Crippen molar-refractivity contribution in [3.63, 3.8) is 0 Å². The molecule has 1 radical (unpaired) electrons. The van der Waals surface area contributed by atoms with Gasteiger partial charge in [0.05, 0.1) is 21.3 Å². The number of hydrogen-bond acceptors (Lipinski definition) is 6. The average Bonchev–Trinajstić information content (AvgIpc) is 3.51. The van der Waals surface area contributed by atoms with Crippen molar-refractivity contribution in [2.24, 2.45) is 0 Å². The van der Waals surface area contributed by atoms with Gasteiger partial charge in [0.1, 0.15) is 6.54 Å². The molecule has 0 aromatic heterocycles. The van der Waals surface area contributed by atoms with Crippen molar-refractivity contribution >= 4 is 100 Å². The molecule has 7 rings (SSSR count). The van der Waals surface area contributed by atoms with Crippen LogP contribution < -0.4 is 4.90 Å². The normalized spacial score (nSPS) is 19.2. The van der Waals surface area contributed by atoms with Crippen molar-refractivity contribution in [2.45, 2.75) is 83.5 Å². The second kappa shape index (κ2) is 17.5. The van der Waals surface area contributed by atoms with Gasteiger partial charge in [0, 0.05) is 87.8 Å². The Kier molecular flexibility index (Phi) is 13.4. The van der Waals surface area contributed by atoms with E-state index in [1.165, 1.54) is 27.3 Å². The molecule has 12 heteroatoms. The number of allylic oxidation sites excluding steroid dienone is 8. The zero-order valence-corrected chi connectivity index (χ0v) is 38.5. The van der Waals surface area contributed by atoms with Crippen LogP contribution in [-0.2, 0) is 31.1 Å². The molecule has 301 valence electrons. The number of rotatable bonds is 13. The maximum atomic E-state index is 11.5. The summed E-state index contributed by atoms with van der Waals surface area (Å²) in [6.07, 6.45) is 13.1. The molecule has 1 aliphatic carbocycles. The number of unbranched alkanes of at least 4 members (excludes halogenated alkanes) is 2. The average molecular weight is 850 g/mol. The largest absolute Gasteiger partial charge is 0.748 e. The molecule has 2 heterocycles. The first-order chi connectivity index (χ1) is 27.0. The quantitative estimate of drug-likeness (QED) is 0.0616. The first kappa shape index (κ1) is 44.5. The molecule has 3 aliphatic rings. The molecular formula is C46H51ClN2NaO6S2. The first-order valence-electron chi connectivity index (χ1n) is 19.8. The molecule has 0 spiro atoms. The fraction of sp³-hybridized carbons (Fsp3) is 0.370. The number of fused-ring (bicyclic) bond motifs is 6. The zero-order chi connectivity index (χ0) is 40.8. The van der Waals surface area contributed by atoms with Gasteiger partial charge in [-0.15, -0.1) is 0 Å². The molecule has 0 saturated heterocycles. The van der Waals surface area contributed by atoms with Crippen LogP contribution in [0.25, 0.3) is 21.5 Å². The topological polar surface area (TPSA) is 118 Å². The summed E-state index contributed by atoms with van der Waals surface area (Å²) in [6.45, 7) is 10.1. The van der Waals surface area contributed by atoms with Gasteiger partial charge in [-0.1, -0.05) is 92.2 Å². The Morgan fingerprint density at radius 1 is 0.776 bits per heavy atom. The monoisotopic (exact) mass is 849 g/mol. The second-order valence-electron chi connectivity index (χ2n) is 16.5. The fourth-order valence-electron chi connectivity index (χ4n) is 9.22. The van der Waals surface area contributed by atoms with Crippen molar-refractivity contribution in [1.82, 2.24) is 0 Å². The minimum atomic E-state index is -4.29. The minimum Gasteiger partial charge on any atom is -0.748 e. The summed E-state index contributed by atoms with van der Waals surface area (Å²) in [7, 11) is -8.32. The van der Waals surface area contributed by atoms with Gasteiger partial charge in [0.15, 0.2) is 5.71 Å². The molecule has 0 fully saturated rings. The van der Waals surface area contributed by atoms with Crippen molar-refractivity contribution in [2.75, 3.05) is 29.5 Å². The Morgan fingerprint density at radius 3 is 2.09 bits per heavy atom. The summed E-state index contributed by atoms with van der Waals surface area (Å²) in [6, 6.07) is 25.3. The summed E-state index contributed by atoms with van der Waals surface area (Å²) in [5.74, 6) is -0.642. The van der Waals surface area contributed by atoms with Crippen molar-refractivity contribution in [3.05, 3.63) is 130 Å². The van der Waals surface area contributed by atoms with Crippen molar-refractivity contribution in [3.8, 4) is 0 Å². The van der Waals surface area contributed by atoms with E-state index < -0.39 is 20.2 Å². The number of nitrogens with zero attached hydrogens (tertiary/aromatic N) is 2. The molecule has 0 unspecified atom stereocenters. The van der Waals surface area contributed by atoms with Crippen LogP contribution in [0.4, 0.5) is 11.4 Å². The minimum absolute atomic E-state index is 0. The molecule has 4 aromatic rings. The molecule has 1 N–H and O–H groups in total. The van der Waals surface area contributed by atoms with Gasteiger partial charge in [-0.3, -0.25) is 4.55 Å². The van der Waals surface area contributed by atoms with Crippen LogP contribution >= 0.6 is 11.6 Å². The maximum absolute atomic E-state index is 11.5. The van der Waals surface area contributed by atoms with E-state index in [1.807, 2.05) is 12.1 Å². The Morgan fingerprint density at radius 2 is 1.41 bits per heavy atom. The SMILES string of the molecule is CC1(C)C(/C=C/C2=C(Cl)C(=C\C=C3/N(CCCCS(=O)(=O)[O-])c4ccc5ccccc5c4C3(C)C)/CCC2)=[N+](CCCCS(=O)(=O)O)c2ccc3ccccc3c21.[Na]. The Bertz CT molecular complexity index is 2640. The van der Waals surface area contributed by atoms with Crippen LogP contribution in [0.3, 0.4) is 0 Å². The number of benzene rings is 4. The van der Waals surface area contributed by atoms with E-state index in [2.05, 4.69) is 122 Å². The summed E-state index contributed by atoms with van der Waals surface area (Å²) >= 11 is 7.29. The predicted molar refractivity (Wildman–Crippen MR) is 238 cm³/mol.